The van der Waals surface area contributed by atoms with Gasteiger partial charge in [-0.2, -0.15) is 0 Å². The van der Waals surface area contributed by atoms with Gasteiger partial charge in [-0.15, -0.1) is 12.6 Å². The molecule has 2 nitrogen and oxygen atoms in total. The zero-order valence-corrected chi connectivity index (χ0v) is 12.4. The number of nitrogens with zero attached hydrogens (tertiary/aromatic N) is 1. The standard InChI is InChI=1S/C15H23NOS/c1-4-5-6-13(15(17)18)11-12-7-9-14(10-8-12)16(2)3/h7-10,13H,4-6,11H2,1-3H3,(H,17,18). The maximum atomic E-state index is 11.5. The van der Waals surface area contributed by atoms with E-state index in [9.17, 15) is 4.79 Å². The van der Waals surface area contributed by atoms with Gasteiger partial charge in [0.2, 0.25) is 0 Å². The zero-order chi connectivity index (χ0) is 13.5. The van der Waals surface area contributed by atoms with Crippen molar-refractivity contribution in [3.8, 4) is 0 Å². The summed E-state index contributed by atoms with van der Waals surface area (Å²) in [5.41, 5.74) is 2.39. The number of hydrogen-bond donors (Lipinski definition) is 1. The smallest absolute Gasteiger partial charge is 0.189 e. The lowest BCUT2D eigenvalue weighted by atomic mass is 9.95. The van der Waals surface area contributed by atoms with Gasteiger partial charge in [0, 0.05) is 25.7 Å². The van der Waals surface area contributed by atoms with Gasteiger partial charge in [-0.05, 0) is 30.5 Å². The minimum atomic E-state index is 0.0140. The van der Waals surface area contributed by atoms with Gasteiger partial charge in [0.15, 0.2) is 5.12 Å². The molecule has 0 radical (unpaired) electrons. The summed E-state index contributed by atoms with van der Waals surface area (Å²) < 4.78 is 0. The molecule has 1 aromatic carbocycles. The minimum Gasteiger partial charge on any atom is -0.378 e. The number of hydrogen-bond acceptors (Lipinski definition) is 2. The molecule has 1 unspecified atom stereocenters. The molecule has 0 saturated carbocycles. The third-order valence-corrected chi connectivity index (χ3v) is 3.56. The Morgan fingerprint density at radius 2 is 1.89 bits per heavy atom. The maximum Gasteiger partial charge on any atom is 0.189 e. The first-order valence-corrected chi connectivity index (χ1v) is 6.98. The highest BCUT2D eigenvalue weighted by atomic mass is 32.1. The van der Waals surface area contributed by atoms with Crippen LogP contribution in [-0.4, -0.2) is 19.2 Å². The third kappa shape index (κ3) is 4.73. The van der Waals surface area contributed by atoms with Crippen LogP contribution < -0.4 is 4.90 Å². The highest BCUT2D eigenvalue weighted by Gasteiger charge is 2.15. The summed E-state index contributed by atoms with van der Waals surface area (Å²) in [6.45, 7) is 2.14. The molecule has 3 heteroatoms. The van der Waals surface area contributed by atoms with Crippen LogP contribution >= 0.6 is 12.6 Å². The number of rotatable bonds is 7. The monoisotopic (exact) mass is 265 g/mol. The average molecular weight is 265 g/mol. The SMILES string of the molecule is CCCCC(Cc1ccc(N(C)C)cc1)C(=O)S. The molecule has 1 rings (SSSR count). The van der Waals surface area contributed by atoms with E-state index in [0.717, 1.165) is 25.7 Å². The molecule has 0 aliphatic heterocycles. The predicted octanol–water partition coefficient (Wildman–Crippen LogP) is 3.56. The fourth-order valence-electron chi connectivity index (χ4n) is 1.98. The fourth-order valence-corrected chi connectivity index (χ4v) is 2.20. The van der Waals surface area contributed by atoms with Crippen molar-refractivity contribution in [1.82, 2.24) is 0 Å². The quantitative estimate of drug-likeness (QED) is 0.761. The van der Waals surface area contributed by atoms with E-state index in [4.69, 9.17) is 0 Å². The molecule has 0 heterocycles. The summed E-state index contributed by atoms with van der Waals surface area (Å²) in [4.78, 5) is 13.6. The molecule has 1 aromatic rings. The van der Waals surface area contributed by atoms with Crippen LogP contribution in [0.1, 0.15) is 31.7 Å². The molecule has 0 aromatic heterocycles. The van der Waals surface area contributed by atoms with Gasteiger partial charge < -0.3 is 4.90 Å². The second-order valence-corrected chi connectivity index (χ2v) is 5.38. The fraction of sp³-hybridized carbons (Fsp3) is 0.533. The van der Waals surface area contributed by atoms with E-state index in [1.165, 1.54) is 11.3 Å². The highest BCUT2D eigenvalue weighted by Crippen LogP contribution is 2.20. The van der Waals surface area contributed by atoms with Gasteiger partial charge >= 0.3 is 0 Å². The Kier molecular flexibility index (Phi) is 6.27. The number of carbonyl (C=O) groups is 1. The van der Waals surface area contributed by atoms with Crippen LogP contribution in [0.25, 0.3) is 0 Å². The Bertz CT molecular complexity index is 373. The van der Waals surface area contributed by atoms with Crippen LogP contribution in [-0.2, 0) is 11.2 Å². The summed E-state index contributed by atoms with van der Waals surface area (Å²) in [5, 5.41) is 0.0140. The lowest BCUT2D eigenvalue weighted by Crippen LogP contribution is -2.13. The number of benzene rings is 1. The summed E-state index contributed by atoms with van der Waals surface area (Å²) in [7, 11) is 4.05. The molecular weight excluding hydrogens is 242 g/mol. The van der Waals surface area contributed by atoms with Crippen molar-refractivity contribution in [2.45, 2.75) is 32.6 Å². The maximum absolute atomic E-state index is 11.5. The molecule has 0 fully saturated rings. The first kappa shape index (κ1) is 15.1. The van der Waals surface area contributed by atoms with Crippen molar-refractivity contribution in [2.75, 3.05) is 19.0 Å². The summed E-state index contributed by atoms with van der Waals surface area (Å²) in [6, 6.07) is 8.39. The second kappa shape index (κ2) is 7.47. The van der Waals surface area contributed by atoms with Crippen LogP contribution in [0.2, 0.25) is 0 Å². The van der Waals surface area contributed by atoms with Gasteiger partial charge in [-0.25, -0.2) is 0 Å². The highest BCUT2D eigenvalue weighted by molar-refractivity contribution is 7.96. The minimum absolute atomic E-state index is 0.0140. The first-order valence-electron chi connectivity index (χ1n) is 6.53. The molecule has 1 atom stereocenters. The van der Waals surface area contributed by atoms with Crippen LogP contribution in [0, 0.1) is 5.92 Å². The van der Waals surface area contributed by atoms with Crippen molar-refractivity contribution in [2.24, 2.45) is 5.92 Å². The lowest BCUT2D eigenvalue weighted by molar-refractivity contribution is -0.114. The van der Waals surface area contributed by atoms with E-state index in [2.05, 4.69) is 48.7 Å². The van der Waals surface area contributed by atoms with E-state index in [-0.39, 0.29) is 11.0 Å². The average Bonchev–Trinajstić information content (AvgIpc) is 2.34. The van der Waals surface area contributed by atoms with Crippen molar-refractivity contribution >= 4 is 23.4 Å². The Morgan fingerprint density at radius 1 is 1.28 bits per heavy atom. The van der Waals surface area contributed by atoms with Gasteiger partial charge in [0.05, 0.1) is 0 Å². The normalized spacial score (nSPS) is 12.2. The number of anilines is 1. The largest absolute Gasteiger partial charge is 0.378 e. The number of carbonyl (C=O) groups excluding carboxylic acids is 1. The van der Waals surface area contributed by atoms with Crippen molar-refractivity contribution in [1.29, 1.82) is 0 Å². The summed E-state index contributed by atoms with van der Waals surface area (Å²) in [6.07, 6.45) is 3.95. The lowest BCUT2D eigenvalue weighted by Gasteiger charge is -2.15. The molecule has 0 saturated heterocycles. The van der Waals surface area contributed by atoms with E-state index < -0.39 is 0 Å². The van der Waals surface area contributed by atoms with E-state index in [0.29, 0.717) is 0 Å². The molecule has 0 spiro atoms. The third-order valence-electron chi connectivity index (χ3n) is 3.19. The first-order chi connectivity index (χ1) is 8.54. The van der Waals surface area contributed by atoms with Crippen LogP contribution in [0.3, 0.4) is 0 Å². The molecular formula is C15H23NOS. The van der Waals surface area contributed by atoms with E-state index in [1.54, 1.807) is 0 Å². The Hall–Kier alpha value is -0.960. The molecule has 0 aliphatic carbocycles. The Labute approximate surface area is 116 Å². The molecule has 18 heavy (non-hydrogen) atoms. The molecule has 0 amide bonds. The van der Waals surface area contributed by atoms with Crippen LogP contribution in [0.5, 0.6) is 0 Å². The molecule has 0 aliphatic rings. The van der Waals surface area contributed by atoms with E-state index >= 15 is 0 Å². The molecule has 0 N–H and O–H groups in total. The van der Waals surface area contributed by atoms with Gasteiger partial charge in [0.25, 0.3) is 0 Å². The van der Waals surface area contributed by atoms with Crippen LogP contribution in [0.15, 0.2) is 24.3 Å². The van der Waals surface area contributed by atoms with Gasteiger partial charge in [0.1, 0.15) is 0 Å². The number of unbranched alkanes of at least 4 members (excludes halogenated alkanes) is 1. The van der Waals surface area contributed by atoms with Gasteiger partial charge in [-0.3, -0.25) is 4.79 Å². The van der Waals surface area contributed by atoms with E-state index in [1.807, 2.05) is 14.1 Å². The Balaban J connectivity index is 2.66. The summed E-state index contributed by atoms with van der Waals surface area (Å²) in [5.74, 6) is 0.0542. The number of thiol groups is 1. The van der Waals surface area contributed by atoms with Crippen molar-refractivity contribution in [3.05, 3.63) is 29.8 Å². The Morgan fingerprint density at radius 3 is 2.33 bits per heavy atom. The topological polar surface area (TPSA) is 20.3 Å². The molecule has 0 bridgehead atoms. The van der Waals surface area contributed by atoms with Gasteiger partial charge in [-0.1, -0.05) is 31.9 Å². The van der Waals surface area contributed by atoms with Crippen molar-refractivity contribution in [3.63, 3.8) is 0 Å². The zero-order valence-electron chi connectivity index (χ0n) is 11.5. The predicted molar refractivity (Wildman–Crippen MR) is 81.5 cm³/mol. The van der Waals surface area contributed by atoms with Crippen LogP contribution in [0.4, 0.5) is 5.69 Å². The second-order valence-electron chi connectivity index (χ2n) is 4.94. The van der Waals surface area contributed by atoms with Crippen molar-refractivity contribution < 1.29 is 4.79 Å². The summed E-state index contributed by atoms with van der Waals surface area (Å²) >= 11 is 4.00. The molecule has 100 valence electrons.